The van der Waals surface area contributed by atoms with Gasteiger partial charge in [0.05, 0.1) is 6.04 Å². The second-order valence-corrected chi connectivity index (χ2v) is 5.07. The molecular weight excluding hydrogens is 251 g/mol. The summed E-state index contributed by atoms with van der Waals surface area (Å²) in [5, 5.41) is 0. The average Bonchev–Trinajstić information content (AvgIpc) is 2.45. The van der Waals surface area contributed by atoms with E-state index < -0.39 is 0 Å². The van der Waals surface area contributed by atoms with Crippen LogP contribution in [-0.2, 0) is 6.42 Å². The Balaban J connectivity index is 2.41. The minimum atomic E-state index is -0.327. The predicted octanol–water partition coefficient (Wildman–Crippen LogP) is 3.64. The summed E-state index contributed by atoms with van der Waals surface area (Å²) in [5.41, 5.74) is 6.19. The molecule has 2 rings (SSSR count). The third kappa shape index (κ3) is 3.06. The van der Waals surface area contributed by atoms with Gasteiger partial charge < -0.3 is 0 Å². The Morgan fingerprint density at radius 2 is 1.95 bits per heavy atom. The highest BCUT2D eigenvalue weighted by molar-refractivity contribution is 5.37. The first kappa shape index (κ1) is 14.7. The van der Waals surface area contributed by atoms with E-state index in [2.05, 4.69) is 24.5 Å². The fraction of sp³-hybridized carbons (Fsp3) is 0.294. The summed E-state index contributed by atoms with van der Waals surface area (Å²) in [7, 11) is 0. The molecule has 3 heteroatoms. The summed E-state index contributed by atoms with van der Waals surface area (Å²) in [4.78, 5) is 0. The number of benzene rings is 2. The molecule has 2 aromatic carbocycles. The van der Waals surface area contributed by atoms with Crippen LogP contribution in [-0.4, -0.2) is 0 Å². The fourth-order valence-corrected chi connectivity index (χ4v) is 2.48. The van der Waals surface area contributed by atoms with Crippen LogP contribution < -0.4 is 11.3 Å². The third-order valence-corrected chi connectivity index (χ3v) is 3.52. The van der Waals surface area contributed by atoms with Crippen molar-refractivity contribution in [2.75, 3.05) is 0 Å². The molecule has 2 aromatic rings. The second-order valence-electron chi connectivity index (χ2n) is 5.07. The number of hydrogen-bond acceptors (Lipinski definition) is 2. The predicted molar refractivity (Wildman–Crippen MR) is 80.7 cm³/mol. The summed E-state index contributed by atoms with van der Waals surface area (Å²) in [6, 6.07) is 13.2. The van der Waals surface area contributed by atoms with E-state index in [0.29, 0.717) is 11.1 Å². The van der Waals surface area contributed by atoms with Gasteiger partial charge in [-0.05, 0) is 30.0 Å². The maximum Gasteiger partial charge on any atom is 0.131 e. The molecule has 20 heavy (non-hydrogen) atoms. The Morgan fingerprint density at radius 1 is 1.20 bits per heavy atom. The molecule has 0 amide bonds. The van der Waals surface area contributed by atoms with E-state index in [4.69, 9.17) is 5.84 Å². The van der Waals surface area contributed by atoms with Crippen molar-refractivity contribution in [2.45, 2.75) is 32.7 Å². The molecule has 0 saturated carbocycles. The molecule has 0 aliphatic carbocycles. The van der Waals surface area contributed by atoms with Gasteiger partial charge in [-0.3, -0.25) is 5.84 Å². The van der Waals surface area contributed by atoms with Crippen molar-refractivity contribution in [1.29, 1.82) is 0 Å². The maximum absolute atomic E-state index is 14.3. The van der Waals surface area contributed by atoms with Crippen LogP contribution in [0.4, 0.5) is 4.39 Å². The van der Waals surface area contributed by atoms with Crippen molar-refractivity contribution in [3.05, 3.63) is 70.5 Å². The lowest BCUT2D eigenvalue weighted by atomic mass is 9.95. The number of hydrogen-bond donors (Lipinski definition) is 2. The molecule has 0 saturated heterocycles. The van der Waals surface area contributed by atoms with Crippen LogP contribution in [0, 0.1) is 12.7 Å². The van der Waals surface area contributed by atoms with Crippen molar-refractivity contribution in [3.8, 4) is 0 Å². The van der Waals surface area contributed by atoms with Gasteiger partial charge in [0.25, 0.3) is 0 Å². The minimum Gasteiger partial charge on any atom is -0.271 e. The van der Waals surface area contributed by atoms with Crippen LogP contribution in [0.2, 0.25) is 0 Å². The monoisotopic (exact) mass is 272 g/mol. The zero-order valence-electron chi connectivity index (χ0n) is 12.0. The maximum atomic E-state index is 14.3. The molecule has 3 N–H and O–H groups in total. The van der Waals surface area contributed by atoms with Gasteiger partial charge in [0.2, 0.25) is 0 Å². The summed E-state index contributed by atoms with van der Waals surface area (Å²) in [5.74, 6) is 5.47. The average molecular weight is 272 g/mol. The van der Waals surface area contributed by atoms with Gasteiger partial charge in [0.1, 0.15) is 5.82 Å². The molecule has 0 radical (unpaired) electrons. The summed E-state index contributed by atoms with van der Waals surface area (Å²) in [6.07, 6.45) is 2.10. The Labute approximate surface area is 119 Å². The number of halogens is 1. The summed E-state index contributed by atoms with van der Waals surface area (Å²) < 4.78 is 14.3. The Hall–Kier alpha value is -1.71. The highest BCUT2D eigenvalue weighted by Crippen LogP contribution is 2.26. The van der Waals surface area contributed by atoms with Crippen LogP contribution in [0.3, 0.4) is 0 Å². The summed E-state index contributed by atoms with van der Waals surface area (Å²) >= 11 is 0. The van der Waals surface area contributed by atoms with E-state index in [0.717, 1.165) is 18.4 Å². The van der Waals surface area contributed by atoms with E-state index in [1.165, 1.54) is 5.56 Å². The highest BCUT2D eigenvalue weighted by atomic mass is 19.1. The standard InChI is InChI=1S/C17H21FN2/c1-3-6-13-8-5-9-14(11-13)17(20-19)15-10-4-7-12(2)16(15)18/h4-5,7-11,17,20H,3,6,19H2,1-2H3. The third-order valence-electron chi connectivity index (χ3n) is 3.52. The number of nitrogens with two attached hydrogens (primary N) is 1. The molecule has 2 nitrogen and oxygen atoms in total. The van der Waals surface area contributed by atoms with Crippen LogP contribution >= 0.6 is 0 Å². The first-order chi connectivity index (χ1) is 9.67. The van der Waals surface area contributed by atoms with Gasteiger partial charge in [-0.25, -0.2) is 9.82 Å². The van der Waals surface area contributed by atoms with E-state index >= 15 is 0 Å². The molecule has 0 aliphatic heterocycles. The van der Waals surface area contributed by atoms with E-state index in [1.807, 2.05) is 18.2 Å². The van der Waals surface area contributed by atoms with Gasteiger partial charge in [-0.2, -0.15) is 0 Å². The smallest absolute Gasteiger partial charge is 0.131 e. The highest BCUT2D eigenvalue weighted by Gasteiger charge is 2.17. The van der Waals surface area contributed by atoms with E-state index in [9.17, 15) is 4.39 Å². The van der Waals surface area contributed by atoms with Gasteiger partial charge in [0.15, 0.2) is 0 Å². The normalized spacial score (nSPS) is 12.4. The molecule has 0 bridgehead atoms. The SMILES string of the molecule is CCCc1cccc(C(NN)c2cccc(C)c2F)c1. The zero-order valence-corrected chi connectivity index (χ0v) is 12.0. The molecule has 1 unspecified atom stereocenters. The Morgan fingerprint density at radius 3 is 2.65 bits per heavy atom. The zero-order chi connectivity index (χ0) is 14.5. The molecule has 0 aromatic heterocycles. The molecule has 0 spiro atoms. The lowest BCUT2D eigenvalue weighted by Crippen LogP contribution is -2.29. The van der Waals surface area contributed by atoms with E-state index in [-0.39, 0.29) is 11.9 Å². The Kier molecular flexibility index (Phi) is 4.88. The number of hydrazine groups is 1. The molecule has 0 heterocycles. The first-order valence-corrected chi connectivity index (χ1v) is 6.97. The Bertz CT molecular complexity index is 581. The molecule has 0 aliphatic rings. The van der Waals surface area contributed by atoms with Gasteiger partial charge in [0, 0.05) is 5.56 Å². The van der Waals surface area contributed by atoms with E-state index in [1.54, 1.807) is 19.1 Å². The molecule has 0 fully saturated rings. The minimum absolute atomic E-state index is 0.198. The van der Waals surface area contributed by atoms with Crippen LogP contribution in [0.5, 0.6) is 0 Å². The van der Waals surface area contributed by atoms with Crippen molar-refractivity contribution in [2.24, 2.45) is 5.84 Å². The van der Waals surface area contributed by atoms with Crippen LogP contribution in [0.1, 0.15) is 41.6 Å². The van der Waals surface area contributed by atoms with Crippen molar-refractivity contribution in [1.82, 2.24) is 5.43 Å². The second kappa shape index (κ2) is 6.64. The number of rotatable bonds is 5. The number of aryl methyl sites for hydroxylation is 2. The largest absolute Gasteiger partial charge is 0.271 e. The molecule has 1 atom stereocenters. The number of nitrogens with one attached hydrogen (secondary N) is 1. The van der Waals surface area contributed by atoms with Crippen molar-refractivity contribution >= 4 is 0 Å². The topological polar surface area (TPSA) is 38.0 Å². The van der Waals surface area contributed by atoms with Crippen LogP contribution in [0.25, 0.3) is 0 Å². The van der Waals surface area contributed by atoms with Crippen LogP contribution in [0.15, 0.2) is 42.5 Å². The lowest BCUT2D eigenvalue weighted by molar-refractivity contribution is 0.554. The molecule has 106 valence electrons. The van der Waals surface area contributed by atoms with Crippen molar-refractivity contribution < 1.29 is 4.39 Å². The van der Waals surface area contributed by atoms with Gasteiger partial charge in [-0.1, -0.05) is 55.8 Å². The van der Waals surface area contributed by atoms with Gasteiger partial charge >= 0.3 is 0 Å². The quantitative estimate of drug-likeness (QED) is 0.644. The fourth-order valence-electron chi connectivity index (χ4n) is 2.48. The lowest BCUT2D eigenvalue weighted by Gasteiger charge is -2.19. The van der Waals surface area contributed by atoms with Gasteiger partial charge in [-0.15, -0.1) is 0 Å². The first-order valence-electron chi connectivity index (χ1n) is 6.97. The summed E-state index contributed by atoms with van der Waals surface area (Å²) in [6.45, 7) is 3.91. The molecular formula is C17H21FN2. The van der Waals surface area contributed by atoms with Crippen molar-refractivity contribution in [3.63, 3.8) is 0 Å².